The first kappa shape index (κ1) is 25.7. The van der Waals surface area contributed by atoms with Crippen molar-refractivity contribution in [2.45, 2.75) is 31.8 Å². The molecule has 0 radical (unpaired) electrons. The quantitative estimate of drug-likeness (QED) is 0.470. The van der Waals surface area contributed by atoms with Gasteiger partial charge in [0.05, 0.1) is 18.2 Å². The summed E-state index contributed by atoms with van der Waals surface area (Å²) in [6.45, 7) is 1.68. The molecule has 4 amide bonds. The molecule has 0 spiro atoms. The van der Waals surface area contributed by atoms with Gasteiger partial charge < -0.3 is 11.1 Å². The van der Waals surface area contributed by atoms with Crippen LogP contribution in [0.25, 0.3) is 0 Å². The monoisotopic (exact) mass is 511 g/mol. The van der Waals surface area contributed by atoms with Crippen LogP contribution in [-0.4, -0.2) is 50.6 Å². The van der Waals surface area contributed by atoms with Crippen LogP contribution in [0.5, 0.6) is 0 Å². The molecule has 12 heteroatoms. The van der Waals surface area contributed by atoms with Gasteiger partial charge in [-0.15, -0.1) is 0 Å². The molecule has 1 aromatic carbocycles. The van der Waals surface area contributed by atoms with Gasteiger partial charge in [0, 0.05) is 31.9 Å². The molecule has 0 bridgehead atoms. The number of carbonyl (C=O) groups excluding carboxylic acids is 3. The molecule has 0 unspecified atom stereocenters. The number of nitrogen functional groups attached to an aromatic ring is 1. The first-order chi connectivity index (χ1) is 17.6. The lowest BCUT2D eigenvalue weighted by atomic mass is 9.81. The van der Waals surface area contributed by atoms with Crippen LogP contribution >= 0.6 is 0 Å². The zero-order valence-electron chi connectivity index (χ0n) is 20.6. The number of likely N-dealkylation sites (tertiary alicyclic amines) is 1. The van der Waals surface area contributed by atoms with E-state index < -0.39 is 47.5 Å². The lowest BCUT2D eigenvalue weighted by Crippen LogP contribution is -2.70. The summed E-state index contributed by atoms with van der Waals surface area (Å²) in [5.41, 5.74) is 6.39. The summed E-state index contributed by atoms with van der Waals surface area (Å²) in [7, 11) is 3.18. The molecule has 194 valence electrons. The highest BCUT2D eigenvalue weighted by molar-refractivity contribution is 6.12. The molecule has 1 saturated heterocycles. The number of hydrogen-bond acceptors (Lipinski definition) is 6. The second-order valence-electron chi connectivity index (χ2n) is 8.82. The Morgan fingerprint density at radius 1 is 1.22 bits per heavy atom. The minimum Gasteiger partial charge on any atom is -0.384 e. The number of aromatic nitrogens is 3. The summed E-state index contributed by atoms with van der Waals surface area (Å²) >= 11 is 0. The third kappa shape index (κ3) is 4.86. The van der Waals surface area contributed by atoms with E-state index >= 15 is 0 Å². The summed E-state index contributed by atoms with van der Waals surface area (Å²) in [5, 5.41) is 6.65. The van der Waals surface area contributed by atoms with Crippen molar-refractivity contribution >= 4 is 29.5 Å². The van der Waals surface area contributed by atoms with Gasteiger partial charge in [0.1, 0.15) is 17.7 Å². The smallest absolute Gasteiger partial charge is 0.325 e. The molecule has 3 N–H and O–H groups in total. The maximum atomic E-state index is 14.4. The van der Waals surface area contributed by atoms with Gasteiger partial charge in [-0.25, -0.2) is 18.6 Å². The molecule has 3 heterocycles. The third-order valence-corrected chi connectivity index (χ3v) is 6.52. The van der Waals surface area contributed by atoms with Gasteiger partial charge in [-0.05, 0) is 36.6 Å². The topological polar surface area (TPSA) is 126 Å². The van der Waals surface area contributed by atoms with E-state index in [4.69, 9.17) is 5.73 Å². The molecule has 0 aliphatic carbocycles. The van der Waals surface area contributed by atoms with E-state index in [1.807, 2.05) is 0 Å². The van der Waals surface area contributed by atoms with E-state index in [-0.39, 0.29) is 24.2 Å². The predicted molar refractivity (Wildman–Crippen MR) is 131 cm³/mol. The number of β-lactam (4-membered cyclic amide) rings is 1. The molecule has 1 aliphatic rings. The van der Waals surface area contributed by atoms with Crippen LogP contribution < -0.4 is 16.0 Å². The molecule has 2 aromatic heterocycles. The number of urea groups is 1. The van der Waals surface area contributed by atoms with E-state index in [0.717, 1.165) is 11.0 Å². The maximum Gasteiger partial charge on any atom is 0.325 e. The molecular formula is C25H27F2N7O3. The lowest BCUT2D eigenvalue weighted by molar-refractivity contribution is -0.156. The van der Waals surface area contributed by atoms with Crippen molar-refractivity contribution in [3.8, 4) is 0 Å². The van der Waals surface area contributed by atoms with Crippen molar-refractivity contribution < 1.29 is 23.2 Å². The molecule has 1 aliphatic heterocycles. The van der Waals surface area contributed by atoms with Crippen LogP contribution in [0.1, 0.15) is 30.5 Å². The van der Waals surface area contributed by atoms with E-state index in [9.17, 15) is 23.2 Å². The molecule has 0 saturated carbocycles. The Labute approximate surface area is 212 Å². The van der Waals surface area contributed by atoms with Crippen molar-refractivity contribution in [2.24, 2.45) is 13.0 Å². The number of hydrogen-bond donors (Lipinski definition) is 2. The molecule has 3 aromatic rings. The molecular weight excluding hydrogens is 484 g/mol. The van der Waals surface area contributed by atoms with Gasteiger partial charge in [0.2, 0.25) is 5.91 Å². The fourth-order valence-corrected chi connectivity index (χ4v) is 4.55. The standard InChI is InChI=1S/C25H27F2N7O3/c1-4-18(15-6-5-7-17(26)21(15)27)31-25(37)34-22(24(36)32(2)20-9-11-30-33(20)3)16(23(34)35)12-14-8-10-29-19(28)13-14/h5-11,13,16,18,22H,4,12H2,1-3H3,(H2,28,29)(H,31,37)/t16-,18-,22+/m1/s1. The number of pyridine rings is 1. The Kier molecular flexibility index (Phi) is 7.18. The maximum absolute atomic E-state index is 14.4. The second kappa shape index (κ2) is 10.3. The van der Waals surface area contributed by atoms with Gasteiger partial charge in [-0.1, -0.05) is 19.1 Å². The number of anilines is 2. The highest BCUT2D eigenvalue weighted by Crippen LogP contribution is 2.33. The third-order valence-electron chi connectivity index (χ3n) is 6.52. The Hall–Kier alpha value is -4.35. The Balaban J connectivity index is 1.62. The van der Waals surface area contributed by atoms with Crippen molar-refractivity contribution in [1.29, 1.82) is 0 Å². The minimum atomic E-state index is -1.14. The lowest BCUT2D eigenvalue weighted by Gasteiger charge is -2.46. The fourth-order valence-electron chi connectivity index (χ4n) is 4.55. The number of likely N-dealkylation sites (N-methyl/N-ethyl adjacent to an activating group) is 1. The molecule has 4 rings (SSSR count). The summed E-state index contributed by atoms with van der Waals surface area (Å²) < 4.78 is 29.7. The van der Waals surface area contributed by atoms with Gasteiger partial charge in [0.15, 0.2) is 11.6 Å². The fraction of sp³-hybridized carbons (Fsp3) is 0.320. The summed E-state index contributed by atoms with van der Waals surface area (Å²) in [6.07, 6.45) is 3.39. The normalized spacial score (nSPS) is 17.8. The minimum absolute atomic E-state index is 0.0532. The van der Waals surface area contributed by atoms with Crippen LogP contribution in [0.3, 0.4) is 0 Å². The highest BCUT2D eigenvalue weighted by Gasteiger charge is 2.55. The van der Waals surface area contributed by atoms with Crippen LogP contribution in [0.2, 0.25) is 0 Å². The number of carbonyl (C=O) groups is 3. The average molecular weight is 512 g/mol. The average Bonchev–Trinajstić information content (AvgIpc) is 3.30. The van der Waals surface area contributed by atoms with E-state index in [1.54, 1.807) is 32.2 Å². The number of nitrogens with zero attached hydrogens (tertiary/aromatic N) is 5. The largest absolute Gasteiger partial charge is 0.384 e. The van der Waals surface area contributed by atoms with Gasteiger partial charge in [-0.2, -0.15) is 5.10 Å². The van der Waals surface area contributed by atoms with Crippen LogP contribution in [0.15, 0.2) is 48.8 Å². The van der Waals surface area contributed by atoms with Crippen LogP contribution in [0, 0.1) is 17.6 Å². The van der Waals surface area contributed by atoms with Crippen molar-refractivity contribution in [3.05, 3.63) is 71.6 Å². The van der Waals surface area contributed by atoms with Crippen molar-refractivity contribution in [1.82, 2.24) is 25.0 Å². The second-order valence-corrected chi connectivity index (χ2v) is 8.82. The number of aryl methyl sites for hydroxylation is 1. The first-order valence-corrected chi connectivity index (χ1v) is 11.7. The van der Waals surface area contributed by atoms with E-state index in [0.29, 0.717) is 11.4 Å². The van der Waals surface area contributed by atoms with Crippen molar-refractivity contribution in [3.63, 3.8) is 0 Å². The Bertz CT molecular complexity index is 1350. The molecule has 10 nitrogen and oxygen atoms in total. The first-order valence-electron chi connectivity index (χ1n) is 11.7. The van der Waals surface area contributed by atoms with Crippen LogP contribution in [0.4, 0.5) is 25.2 Å². The van der Waals surface area contributed by atoms with Gasteiger partial charge >= 0.3 is 6.03 Å². The van der Waals surface area contributed by atoms with E-state index in [2.05, 4.69) is 15.4 Å². The number of nitrogens with two attached hydrogens (primary N) is 1. The number of imide groups is 1. The van der Waals surface area contributed by atoms with Gasteiger partial charge in [-0.3, -0.25) is 24.1 Å². The van der Waals surface area contributed by atoms with E-state index in [1.165, 1.54) is 41.2 Å². The number of benzene rings is 1. The molecule has 3 atom stereocenters. The van der Waals surface area contributed by atoms with Gasteiger partial charge in [0.25, 0.3) is 5.91 Å². The molecule has 1 fully saturated rings. The number of amides is 4. The van der Waals surface area contributed by atoms with Crippen molar-refractivity contribution in [2.75, 3.05) is 17.7 Å². The predicted octanol–water partition coefficient (Wildman–Crippen LogP) is 2.57. The number of halogens is 2. The SMILES string of the molecule is CC[C@@H](NC(=O)N1C(=O)[C@H](Cc2ccnc(N)c2)[C@H]1C(=O)N(C)c1ccnn1C)c1cccc(F)c1F. The molecule has 37 heavy (non-hydrogen) atoms. The zero-order valence-corrected chi connectivity index (χ0v) is 20.6. The number of rotatable bonds is 7. The summed E-state index contributed by atoms with van der Waals surface area (Å²) in [5.74, 6) is -3.33. The number of nitrogens with one attached hydrogen (secondary N) is 1. The zero-order chi connectivity index (χ0) is 26.9. The Morgan fingerprint density at radius 3 is 2.62 bits per heavy atom. The highest BCUT2D eigenvalue weighted by atomic mass is 19.2. The van der Waals surface area contributed by atoms with Crippen LogP contribution in [-0.2, 0) is 23.1 Å². The summed E-state index contributed by atoms with van der Waals surface area (Å²) in [6, 6.07) is 5.65. The Morgan fingerprint density at radius 2 is 1.97 bits per heavy atom. The summed E-state index contributed by atoms with van der Waals surface area (Å²) in [4.78, 5) is 46.2.